The number of rotatable bonds is 4. The summed E-state index contributed by atoms with van der Waals surface area (Å²) in [4.78, 5) is 25.4. The van der Waals surface area contributed by atoms with E-state index in [0.717, 1.165) is 61.8 Å². The Balaban J connectivity index is 1.77. The molecule has 0 unspecified atom stereocenters. The molecule has 2 aromatic rings. The Bertz CT molecular complexity index is 761. The number of urea groups is 1. The van der Waals surface area contributed by atoms with Crippen LogP contribution < -0.4 is 0 Å². The molecule has 3 heterocycles. The Morgan fingerprint density at radius 3 is 2.54 bits per heavy atom. The predicted molar refractivity (Wildman–Crippen MR) is 98.9 cm³/mol. The normalized spacial score (nSPS) is 15.3. The number of amides is 2. The average molecular weight is 357 g/mol. The van der Waals surface area contributed by atoms with Crippen molar-refractivity contribution in [2.45, 2.75) is 46.5 Å². The molecule has 7 nitrogen and oxygen atoms in total. The quantitative estimate of drug-likeness (QED) is 0.838. The molecule has 0 aliphatic carbocycles. The van der Waals surface area contributed by atoms with E-state index in [9.17, 15) is 4.79 Å². The lowest BCUT2D eigenvalue weighted by atomic mass is 9.90. The molecule has 1 saturated heterocycles. The van der Waals surface area contributed by atoms with Gasteiger partial charge in [0.05, 0.1) is 17.0 Å². The predicted octanol–water partition coefficient (Wildman–Crippen LogP) is 3.39. The van der Waals surface area contributed by atoms with Crippen molar-refractivity contribution in [3.63, 3.8) is 0 Å². The summed E-state index contributed by atoms with van der Waals surface area (Å²) in [5.74, 6) is 1.75. The maximum absolute atomic E-state index is 12.6. The molecule has 2 amide bonds. The van der Waals surface area contributed by atoms with Gasteiger partial charge in [0, 0.05) is 44.4 Å². The van der Waals surface area contributed by atoms with E-state index in [0.29, 0.717) is 5.76 Å². The van der Waals surface area contributed by atoms with Gasteiger partial charge in [0.2, 0.25) is 0 Å². The van der Waals surface area contributed by atoms with E-state index < -0.39 is 0 Å². The topological polar surface area (TPSA) is 75.4 Å². The fourth-order valence-corrected chi connectivity index (χ4v) is 3.52. The lowest BCUT2D eigenvalue weighted by molar-refractivity contribution is 0.143. The minimum absolute atomic E-state index is 0.137. The fourth-order valence-electron chi connectivity index (χ4n) is 3.52. The van der Waals surface area contributed by atoms with E-state index >= 15 is 0 Å². The lowest BCUT2D eigenvalue weighted by Gasteiger charge is -2.35. The molecular formula is C19H27N5O2. The van der Waals surface area contributed by atoms with Crippen LogP contribution in [0.25, 0.3) is 11.3 Å². The molecule has 7 heteroatoms. The van der Waals surface area contributed by atoms with Gasteiger partial charge in [0.15, 0.2) is 5.76 Å². The number of carbonyl (C=O) groups excluding carboxylic acids is 1. The summed E-state index contributed by atoms with van der Waals surface area (Å²) < 4.78 is 5.44. The van der Waals surface area contributed by atoms with Crippen LogP contribution in [-0.4, -0.2) is 57.1 Å². The number of aromatic nitrogens is 3. The third-order valence-corrected chi connectivity index (χ3v) is 5.02. The first kappa shape index (κ1) is 18.4. The van der Waals surface area contributed by atoms with Gasteiger partial charge in [-0.1, -0.05) is 5.16 Å². The maximum Gasteiger partial charge on any atom is 0.319 e. The van der Waals surface area contributed by atoms with E-state index in [2.05, 4.69) is 10.1 Å². The van der Waals surface area contributed by atoms with Crippen LogP contribution in [0.2, 0.25) is 0 Å². The van der Waals surface area contributed by atoms with Crippen molar-refractivity contribution in [1.29, 1.82) is 0 Å². The maximum atomic E-state index is 12.6. The van der Waals surface area contributed by atoms with E-state index in [1.807, 2.05) is 49.8 Å². The van der Waals surface area contributed by atoms with Crippen LogP contribution in [0.3, 0.4) is 0 Å². The van der Waals surface area contributed by atoms with Gasteiger partial charge in [-0.2, -0.15) is 0 Å². The van der Waals surface area contributed by atoms with Gasteiger partial charge in [0.1, 0.15) is 5.82 Å². The van der Waals surface area contributed by atoms with Gasteiger partial charge in [-0.15, -0.1) is 0 Å². The van der Waals surface area contributed by atoms with Crippen molar-refractivity contribution in [3.05, 3.63) is 29.5 Å². The number of nitrogens with zero attached hydrogens (tertiary/aromatic N) is 5. The van der Waals surface area contributed by atoms with Gasteiger partial charge in [-0.3, -0.25) is 0 Å². The summed E-state index contributed by atoms with van der Waals surface area (Å²) >= 11 is 0. The second-order valence-corrected chi connectivity index (χ2v) is 6.76. The molecule has 26 heavy (non-hydrogen) atoms. The smallest absolute Gasteiger partial charge is 0.319 e. The van der Waals surface area contributed by atoms with Crippen molar-refractivity contribution in [1.82, 2.24) is 24.9 Å². The van der Waals surface area contributed by atoms with Crippen LogP contribution >= 0.6 is 0 Å². The summed E-state index contributed by atoms with van der Waals surface area (Å²) in [6.07, 6.45) is 3.61. The molecule has 1 aliphatic heterocycles. The molecule has 1 fully saturated rings. The Hall–Kier alpha value is -2.44. The number of hydrogen-bond donors (Lipinski definition) is 0. The molecule has 0 radical (unpaired) electrons. The highest BCUT2D eigenvalue weighted by Crippen LogP contribution is 2.34. The average Bonchev–Trinajstić information content (AvgIpc) is 3.09. The number of piperidine rings is 1. The van der Waals surface area contributed by atoms with Crippen LogP contribution in [0.1, 0.15) is 49.8 Å². The van der Waals surface area contributed by atoms with Gasteiger partial charge >= 0.3 is 6.03 Å². The molecule has 0 spiro atoms. The van der Waals surface area contributed by atoms with Crippen molar-refractivity contribution in [2.75, 3.05) is 26.2 Å². The number of aryl methyl sites for hydroxylation is 2. The largest absolute Gasteiger partial charge is 0.356 e. The van der Waals surface area contributed by atoms with Gasteiger partial charge in [-0.05, 0) is 40.5 Å². The summed E-state index contributed by atoms with van der Waals surface area (Å²) in [7, 11) is 0. The van der Waals surface area contributed by atoms with Crippen LogP contribution in [0.15, 0.2) is 16.8 Å². The first-order valence-electron chi connectivity index (χ1n) is 9.34. The highest BCUT2D eigenvalue weighted by Gasteiger charge is 2.29. The Labute approximate surface area is 154 Å². The summed E-state index contributed by atoms with van der Waals surface area (Å²) in [5, 5.41) is 3.99. The molecule has 140 valence electrons. The Kier molecular flexibility index (Phi) is 5.54. The summed E-state index contributed by atoms with van der Waals surface area (Å²) in [5.41, 5.74) is 2.75. The molecule has 0 bridgehead atoms. The standard InChI is InChI=1S/C19H27N5O2/c1-5-23(6-2)19(25)24-9-7-15(8-10-24)18-16(12-20-14(4)21-18)17-11-13(3)22-26-17/h11-12,15H,5-10H2,1-4H3. The first-order valence-corrected chi connectivity index (χ1v) is 9.34. The first-order chi connectivity index (χ1) is 12.5. The second-order valence-electron chi connectivity index (χ2n) is 6.76. The van der Waals surface area contributed by atoms with E-state index in [1.54, 1.807) is 0 Å². The van der Waals surface area contributed by atoms with Crippen LogP contribution in [-0.2, 0) is 0 Å². The zero-order valence-corrected chi connectivity index (χ0v) is 16.0. The molecule has 0 aromatic carbocycles. The third kappa shape index (κ3) is 3.71. The fraction of sp³-hybridized carbons (Fsp3) is 0.579. The number of likely N-dealkylation sites (tertiary alicyclic amines) is 1. The highest BCUT2D eigenvalue weighted by atomic mass is 16.5. The molecule has 1 aliphatic rings. The Morgan fingerprint density at radius 1 is 1.27 bits per heavy atom. The van der Waals surface area contributed by atoms with Crippen LogP contribution in [0.4, 0.5) is 4.79 Å². The molecule has 0 saturated carbocycles. The SMILES string of the molecule is CCN(CC)C(=O)N1CCC(c2nc(C)ncc2-c2cc(C)no2)CC1. The van der Waals surface area contributed by atoms with Crippen molar-refractivity contribution < 1.29 is 9.32 Å². The number of hydrogen-bond acceptors (Lipinski definition) is 5. The van der Waals surface area contributed by atoms with E-state index in [4.69, 9.17) is 9.51 Å². The zero-order chi connectivity index (χ0) is 18.7. The van der Waals surface area contributed by atoms with Crippen LogP contribution in [0.5, 0.6) is 0 Å². The van der Waals surface area contributed by atoms with Crippen molar-refractivity contribution in [3.8, 4) is 11.3 Å². The third-order valence-electron chi connectivity index (χ3n) is 5.02. The highest BCUT2D eigenvalue weighted by molar-refractivity contribution is 5.74. The second kappa shape index (κ2) is 7.85. The van der Waals surface area contributed by atoms with Gasteiger partial charge in [-0.25, -0.2) is 14.8 Å². The molecule has 0 atom stereocenters. The Morgan fingerprint density at radius 2 is 1.96 bits per heavy atom. The monoisotopic (exact) mass is 357 g/mol. The van der Waals surface area contributed by atoms with Crippen molar-refractivity contribution >= 4 is 6.03 Å². The molecular weight excluding hydrogens is 330 g/mol. The molecule has 3 rings (SSSR count). The molecule has 2 aromatic heterocycles. The molecule has 0 N–H and O–H groups in total. The summed E-state index contributed by atoms with van der Waals surface area (Å²) in [6, 6.07) is 2.05. The number of carbonyl (C=O) groups is 1. The van der Waals surface area contributed by atoms with Crippen molar-refractivity contribution in [2.24, 2.45) is 0 Å². The van der Waals surface area contributed by atoms with Crippen LogP contribution in [0, 0.1) is 13.8 Å². The minimum atomic E-state index is 0.137. The van der Waals surface area contributed by atoms with Gasteiger partial charge in [0.25, 0.3) is 0 Å². The van der Waals surface area contributed by atoms with E-state index in [1.165, 1.54) is 0 Å². The minimum Gasteiger partial charge on any atom is -0.356 e. The van der Waals surface area contributed by atoms with Gasteiger partial charge < -0.3 is 14.3 Å². The summed E-state index contributed by atoms with van der Waals surface area (Å²) in [6.45, 7) is 10.8. The van der Waals surface area contributed by atoms with E-state index in [-0.39, 0.29) is 11.9 Å². The zero-order valence-electron chi connectivity index (χ0n) is 16.0. The lowest BCUT2D eigenvalue weighted by Crippen LogP contribution is -2.46.